The SMILES string of the molecule is COc1ccc(NC(C)=O)cc1NC(=O)Cc1cc(Cl)c2c(c1)OCCCO2. The predicted molar refractivity (Wildman–Crippen MR) is 107 cm³/mol. The van der Waals surface area contributed by atoms with Gasteiger partial charge in [-0.05, 0) is 35.9 Å². The van der Waals surface area contributed by atoms with Gasteiger partial charge in [-0.2, -0.15) is 0 Å². The Morgan fingerprint density at radius 3 is 2.68 bits per heavy atom. The molecule has 2 amide bonds. The molecule has 2 aromatic carbocycles. The van der Waals surface area contributed by atoms with Crippen molar-refractivity contribution in [3.05, 3.63) is 40.9 Å². The highest BCUT2D eigenvalue weighted by atomic mass is 35.5. The molecular formula is C20H21ClN2O5. The van der Waals surface area contributed by atoms with Crippen molar-refractivity contribution >= 4 is 34.8 Å². The molecule has 0 saturated heterocycles. The Balaban J connectivity index is 1.76. The lowest BCUT2D eigenvalue weighted by Gasteiger charge is -2.14. The summed E-state index contributed by atoms with van der Waals surface area (Å²) in [6.45, 7) is 2.49. The van der Waals surface area contributed by atoms with E-state index in [4.69, 9.17) is 25.8 Å². The minimum atomic E-state index is -0.260. The van der Waals surface area contributed by atoms with Crippen molar-refractivity contribution in [2.75, 3.05) is 31.0 Å². The number of amides is 2. The van der Waals surface area contributed by atoms with Crippen LogP contribution < -0.4 is 24.8 Å². The third-order valence-corrected chi connectivity index (χ3v) is 4.30. The Hall–Kier alpha value is -2.93. The van der Waals surface area contributed by atoms with Crippen LogP contribution in [0.15, 0.2) is 30.3 Å². The second-order valence-corrected chi connectivity index (χ2v) is 6.68. The molecule has 0 fully saturated rings. The molecule has 0 bridgehead atoms. The Bertz CT molecular complexity index is 900. The first kappa shape index (κ1) is 19.8. The van der Waals surface area contributed by atoms with Gasteiger partial charge >= 0.3 is 0 Å². The molecular weight excluding hydrogens is 384 g/mol. The normalized spacial score (nSPS) is 12.7. The number of halogens is 1. The fourth-order valence-corrected chi connectivity index (χ4v) is 3.14. The first-order chi connectivity index (χ1) is 13.5. The van der Waals surface area contributed by atoms with E-state index in [2.05, 4.69) is 10.6 Å². The van der Waals surface area contributed by atoms with Crippen molar-refractivity contribution in [2.24, 2.45) is 0 Å². The summed E-state index contributed by atoms with van der Waals surface area (Å²) in [4.78, 5) is 23.8. The lowest BCUT2D eigenvalue weighted by atomic mass is 10.1. The van der Waals surface area contributed by atoms with Gasteiger partial charge in [-0.15, -0.1) is 0 Å². The van der Waals surface area contributed by atoms with Gasteiger partial charge in [-0.25, -0.2) is 0 Å². The van der Waals surface area contributed by atoms with Gasteiger partial charge in [0, 0.05) is 19.0 Å². The summed E-state index contributed by atoms with van der Waals surface area (Å²) in [5.74, 6) is 1.07. The van der Waals surface area contributed by atoms with Crippen LogP contribution in [-0.4, -0.2) is 32.1 Å². The maximum absolute atomic E-state index is 12.6. The lowest BCUT2D eigenvalue weighted by molar-refractivity contribution is -0.116. The summed E-state index contributed by atoms with van der Waals surface area (Å²) < 4.78 is 16.5. The second-order valence-electron chi connectivity index (χ2n) is 6.28. The minimum absolute atomic E-state index is 0.0872. The molecule has 0 unspecified atom stereocenters. The van der Waals surface area contributed by atoms with Crippen molar-refractivity contribution in [3.8, 4) is 17.2 Å². The van der Waals surface area contributed by atoms with Crippen LogP contribution in [0.5, 0.6) is 17.2 Å². The maximum atomic E-state index is 12.6. The highest BCUT2D eigenvalue weighted by molar-refractivity contribution is 6.32. The Morgan fingerprint density at radius 1 is 1.14 bits per heavy atom. The van der Waals surface area contributed by atoms with E-state index in [0.29, 0.717) is 52.4 Å². The van der Waals surface area contributed by atoms with Gasteiger partial charge in [0.1, 0.15) is 5.75 Å². The number of anilines is 2. The van der Waals surface area contributed by atoms with Gasteiger partial charge in [-0.1, -0.05) is 11.6 Å². The zero-order valence-electron chi connectivity index (χ0n) is 15.6. The first-order valence-electron chi connectivity index (χ1n) is 8.80. The molecule has 0 aliphatic carbocycles. The van der Waals surface area contributed by atoms with Crippen LogP contribution in [0.2, 0.25) is 5.02 Å². The molecule has 8 heteroatoms. The number of carbonyl (C=O) groups excluding carboxylic acids is 2. The van der Waals surface area contributed by atoms with E-state index in [1.807, 2.05) is 0 Å². The summed E-state index contributed by atoms with van der Waals surface area (Å²) in [5.41, 5.74) is 1.71. The van der Waals surface area contributed by atoms with Crippen molar-refractivity contribution in [3.63, 3.8) is 0 Å². The zero-order valence-corrected chi connectivity index (χ0v) is 16.4. The summed E-state index contributed by atoms with van der Waals surface area (Å²) >= 11 is 6.28. The minimum Gasteiger partial charge on any atom is -0.495 e. The van der Waals surface area contributed by atoms with Crippen LogP contribution in [0.1, 0.15) is 18.9 Å². The number of benzene rings is 2. The fourth-order valence-electron chi connectivity index (χ4n) is 2.85. The number of fused-ring (bicyclic) bond motifs is 1. The van der Waals surface area contributed by atoms with Crippen LogP contribution in [0.25, 0.3) is 0 Å². The van der Waals surface area contributed by atoms with E-state index in [0.717, 1.165) is 6.42 Å². The number of rotatable bonds is 5. The van der Waals surface area contributed by atoms with E-state index in [9.17, 15) is 9.59 Å². The average molecular weight is 405 g/mol. The van der Waals surface area contributed by atoms with Crippen LogP contribution >= 0.6 is 11.6 Å². The highest BCUT2D eigenvalue weighted by Gasteiger charge is 2.17. The third kappa shape index (κ3) is 4.86. The first-order valence-corrected chi connectivity index (χ1v) is 9.17. The number of ether oxygens (including phenoxy) is 3. The lowest BCUT2D eigenvalue weighted by Crippen LogP contribution is -2.15. The van der Waals surface area contributed by atoms with E-state index < -0.39 is 0 Å². The molecule has 148 valence electrons. The standard InChI is InChI=1S/C20H21ClN2O5/c1-12(24)22-14-4-5-17(26-2)16(11-14)23-19(25)10-13-8-15(21)20-18(9-13)27-6-3-7-28-20/h4-5,8-9,11H,3,6-7,10H2,1-2H3,(H,22,24)(H,23,25). The third-order valence-electron chi connectivity index (χ3n) is 4.02. The average Bonchev–Trinajstić information content (AvgIpc) is 2.87. The second kappa shape index (κ2) is 8.84. The summed E-state index contributed by atoms with van der Waals surface area (Å²) in [6.07, 6.45) is 0.856. The monoisotopic (exact) mass is 404 g/mol. The molecule has 3 rings (SSSR count). The molecule has 7 nitrogen and oxygen atoms in total. The van der Waals surface area contributed by atoms with E-state index in [1.165, 1.54) is 14.0 Å². The van der Waals surface area contributed by atoms with Crippen molar-refractivity contribution in [1.29, 1.82) is 0 Å². The maximum Gasteiger partial charge on any atom is 0.228 e. The number of hydrogen-bond donors (Lipinski definition) is 2. The van der Waals surface area contributed by atoms with Gasteiger partial charge in [0.15, 0.2) is 11.5 Å². The van der Waals surface area contributed by atoms with Crippen molar-refractivity contribution in [1.82, 2.24) is 0 Å². The Labute approximate surface area is 167 Å². The zero-order chi connectivity index (χ0) is 20.1. The number of carbonyl (C=O) groups is 2. The van der Waals surface area contributed by atoms with Crippen molar-refractivity contribution < 1.29 is 23.8 Å². The number of nitrogens with one attached hydrogen (secondary N) is 2. The summed E-state index contributed by atoms with van der Waals surface area (Å²) in [5, 5.41) is 5.89. The summed E-state index contributed by atoms with van der Waals surface area (Å²) in [6, 6.07) is 8.46. The highest BCUT2D eigenvalue weighted by Crippen LogP contribution is 2.38. The Morgan fingerprint density at radius 2 is 1.93 bits per heavy atom. The molecule has 2 aromatic rings. The summed E-state index contributed by atoms with van der Waals surface area (Å²) in [7, 11) is 1.51. The molecule has 0 radical (unpaired) electrons. The van der Waals surface area contributed by atoms with Gasteiger partial charge in [0.2, 0.25) is 11.8 Å². The number of hydrogen-bond acceptors (Lipinski definition) is 5. The quantitative estimate of drug-likeness (QED) is 0.794. The molecule has 0 spiro atoms. The van der Waals surface area contributed by atoms with E-state index >= 15 is 0 Å². The van der Waals surface area contributed by atoms with E-state index in [-0.39, 0.29) is 18.2 Å². The largest absolute Gasteiger partial charge is 0.495 e. The molecule has 1 aliphatic rings. The van der Waals surface area contributed by atoms with Crippen molar-refractivity contribution in [2.45, 2.75) is 19.8 Å². The number of methoxy groups -OCH3 is 1. The smallest absolute Gasteiger partial charge is 0.228 e. The van der Waals surface area contributed by atoms with Crippen LogP contribution in [-0.2, 0) is 16.0 Å². The van der Waals surface area contributed by atoms with Gasteiger partial charge in [0.05, 0.1) is 37.5 Å². The van der Waals surface area contributed by atoms with Gasteiger partial charge in [0.25, 0.3) is 0 Å². The van der Waals surface area contributed by atoms with E-state index in [1.54, 1.807) is 30.3 Å². The molecule has 0 aromatic heterocycles. The Kier molecular flexibility index (Phi) is 6.26. The van der Waals surface area contributed by atoms with Gasteiger partial charge < -0.3 is 24.8 Å². The van der Waals surface area contributed by atoms with Crippen LogP contribution in [0.3, 0.4) is 0 Å². The molecule has 0 saturated carbocycles. The molecule has 1 aliphatic heterocycles. The molecule has 1 heterocycles. The van der Waals surface area contributed by atoms with Gasteiger partial charge in [-0.3, -0.25) is 9.59 Å². The molecule has 2 N–H and O–H groups in total. The molecule has 0 atom stereocenters. The molecule has 28 heavy (non-hydrogen) atoms. The topological polar surface area (TPSA) is 85.9 Å². The van der Waals surface area contributed by atoms with Crippen LogP contribution in [0.4, 0.5) is 11.4 Å². The predicted octanol–water partition coefficient (Wildman–Crippen LogP) is 3.65. The fraction of sp³-hybridized carbons (Fsp3) is 0.300. The van der Waals surface area contributed by atoms with Crippen LogP contribution in [0, 0.1) is 0 Å².